The molecule has 116 valence electrons. The molecule has 0 spiro atoms. The molecule has 1 aromatic carbocycles. The summed E-state index contributed by atoms with van der Waals surface area (Å²) in [6, 6.07) is 2.10. The molecular weight excluding hydrogens is 318 g/mol. The smallest absolute Gasteiger partial charge is 0.153 e. The van der Waals surface area contributed by atoms with Crippen LogP contribution in [0.1, 0.15) is 19.2 Å². The Morgan fingerprint density at radius 1 is 1.43 bits per heavy atom. The maximum absolute atomic E-state index is 13.8. The molecule has 0 aliphatic heterocycles. The summed E-state index contributed by atoms with van der Waals surface area (Å²) >= 11 is 5.75. The summed E-state index contributed by atoms with van der Waals surface area (Å²) in [4.78, 5) is 4.23. The van der Waals surface area contributed by atoms with Gasteiger partial charge in [0.15, 0.2) is 5.82 Å². The average Bonchev–Trinajstić information content (AvgIpc) is 2.74. The van der Waals surface area contributed by atoms with Crippen LogP contribution in [-0.4, -0.2) is 31.1 Å². The van der Waals surface area contributed by atoms with Gasteiger partial charge in [0.1, 0.15) is 17.2 Å². The van der Waals surface area contributed by atoms with Crippen LogP contribution in [0, 0.1) is 11.6 Å². The zero-order valence-corrected chi connectivity index (χ0v) is 13.5. The third-order valence-electron chi connectivity index (χ3n) is 3.50. The summed E-state index contributed by atoms with van der Waals surface area (Å²) in [5, 5.41) is 0.00436. The molecule has 7 heteroatoms. The summed E-state index contributed by atoms with van der Waals surface area (Å²) in [6.07, 6.45) is 2.76. The molecule has 2 atom stereocenters. The van der Waals surface area contributed by atoms with Gasteiger partial charge in [0.2, 0.25) is 0 Å². The van der Waals surface area contributed by atoms with E-state index in [0.29, 0.717) is 36.6 Å². The number of aromatic nitrogens is 2. The number of fused-ring (bicyclic) bond motifs is 1. The van der Waals surface area contributed by atoms with Crippen molar-refractivity contribution in [1.82, 2.24) is 9.55 Å². The van der Waals surface area contributed by atoms with E-state index >= 15 is 0 Å². The molecule has 0 saturated heterocycles. The Balaban J connectivity index is 2.43. The van der Waals surface area contributed by atoms with Crippen molar-refractivity contribution < 1.29 is 13.0 Å². The Hall–Kier alpha value is -1.01. The van der Waals surface area contributed by atoms with Crippen molar-refractivity contribution in [3.63, 3.8) is 0 Å². The van der Waals surface area contributed by atoms with Gasteiger partial charge in [0.05, 0.1) is 5.52 Å². The maximum Gasteiger partial charge on any atom is 0.153 e. The lowest BCUT2D eigenvalue weighted by Crippen LogP contribution is -2.14. The molecule has 1 heterocycles. The first kappa shape index (κ1) is 16.4. The molecule has 0 aliphatic carbocycles. The summed E-state index contributed by atoms with van der Waals surface area (Å²) in [5.74, 6) is -0.334. The van der Waals surface area contributed by atoms with Gasteiger partial charge in [-0.25, -0.2) is 13.8 Å². The molecule has 2 rings (SSSR count). The fourth-order valence-electron chi connectivity index (χ4n) is 2.20. The highest BCUT2D eigenvalue weighted by Gasteiger charge is 2.16. The van der Waals surface area contributed by atoms with Gasteiger partial charge in [-0.1, -0.05) is 6.92 Å². The molecule has 0 radical (unpaired) electrons. The predicted molar refractivity (Wildman–Crippen MR) is 82.2 cm³/mol. The van der Waals surface area contributed by atoms with E-state index in [0.717, 1.165) is 6.07 Å². The number of hydrogen-bond acceptors (Lipinski definition) is 2. The maximum atomic E-state index is 13.8. The van der Waals surface area contributed by atoms with Crippen molar-refractivity contribution in [2.24, 2.45) is 0 Å². The second kappa shape index (κ2) is 6.83. The van der Waals surface area contributed by atoms with Gasteiger partial charge in [-0.2, -0.15) is 0 Å². The number of halogens is 3. The van der Waals surface area contributed by atoms with Crippen LogP contribution in [0.5, 0.6) is 0 Å². The van der Waals surface area contributed by atoms with Crippen molar-refractivity contribution in [3.8, 4) is 0 Å². The topological polar surface area (TPSA) is 34.9 Å². The van der Waals surface area contributed by atoms with Crippen LogP contribution in [0.15, 0.2) is 12.1 Å². The second-order valence-electron chi connectivity index (χ2n) is 4.97. The molecular formula is C14H17ClF2N2OS. The van der Waals surface area contributed by atoms with Gasteiger partial charge < -0.3 is 4.57 Å². The molecule has 3 nitrogen and oxygen atoms in total. The van der Waals surface area contributed by atoms with Crippen LogP contribution >= 0.6 is 11.6 Å². The standard InChI is InChI=1S/C14H17ClF2N2OS/c1-9(21(2)20)4-6-19-12-8-10(16)7-11(17)14(12)18-13(19)3-5-15/h7-9H,3-6H2,1-2H3. The van der Waals surface area contributed by atoms with Crippen molar-refractivity contribution >= 4 is 33.4 Å². The molecule has 0 amide bonds. The fourth-order valence-corrected chi connectivity index (χ4v) is 2.81. The van der Waals surface area contributed by atoms with Crippen molar-refractivity contribution in [3.05, 3.63) is 29.6 Å². The highest BCUT2D eigenvalue weighted by molar-refractivity contribution is 7.84. The monoisotopic (exact) mass is 334 g/mol. The number of imidazole rings is 1. The molecule has 21 heavy (non-hydrogen) atoms. The number of alkyl halides is 1. The van der Waals surface area contributed by atoms with Gasteiger partial charge >= 0.3 is 0 Å². The highest BCUT2D eigenvalue weighted by atomic mass is 35.5. The Bertz CT molecular complexity index is 675. The molecule has 0 aliphatic rings. The zero-order chi connectivity index (χ0) is 15.6. The van der Waals surface area contributed by atoms with Gasteiger partial charge in [0, 0.05) is 47.2 Å². The van der Waals surface area contributed by atoms with Crippen LogP contribution in [0.4, 0.5) is 8.78 Å². The van der Waals surface area contributed by atoms with Gasteiger partial charge in [-0.3, -0.25) is 4.21 Å². The van der Waals surface area contributed by atoms with Gasteiger partial charge in [-0.05, 0) is 12.5 Å². The highest BCUT2D eigenvalue weighted by Crippen LogP contribution is 2.22. The van der Waals surface area contributed by atoms with Gasteiger partial charge in [0.25, 0.3) is 0 Å². The summed E-state index contributed by atoms with van der Waals surface area (Å²) < 4.78 is 40.5. The zero-order valence-electron chi connectivity index (χ0n) is 11.9. The first-order valence-electron chi connectivity index (χ1n) is 6.66. The molecule has 0 saturated carbocycles. The molecule has 0 N–H and O–H groups in total. The summed E-state index contributed by atoms with van der Waals surface area (Å²) in [7, 11) is -0.933. The molecule has 0 bridgehead atoms. The Morgan fingerprint density at radius 3 is 2.76 bits per heavy atom. The van der Waals surface area contributed by atoms with E-state index in [2.05, 4.69) is 4.98 Å². The van der Waals surface area contributed by atoms with Crippen LogP contribution in [0.2, 0.25) is 0 Å². The Morgan fingerprint density at radius 2 is 2.14 bits per heavy atom. The third kappa shape index (κ3) is 3.61. The van der Waals surface area contributed by atoms with E-state index < -0.39 is 22.4 Å². The van der Waals surface area contributed by atoms with E-state index in [1.54, 1.807) is 10.8 Å². The first-order chi connectivity index (χ1) is 9.93. The Kier molecular flexibility index (Phi) is 5.32. The lowest BCUT2D eigenvalue weighted by atomic mass is 10.2. The third-order valence-corrected chi connectivity index (χ3v) is 5.05. The van der Waals surface area contributed by atoms with E-state index in [4.69, 9.17) is 11.6 Å². The van der Waals surface area contributed by atoms with Crippen molar-refractivity contribution in [2.75, 3.05) is 12.1 Å². The predicted octanol–water partition coefficient (Wildman–Crippen LogP) is 3.25. The van der Waals surface area contributed by atoms with Gasteiger partial charge in [-0.15, -0.1) is 11.6 Å². The number of nitrogens with zero attached hydrogens (tertiary/aromatic N) is 2. The largest absolute Gasteiger partial charge is 0.328 e. The van der Waals surface area contributed by atoms with E-state index in [-0.39, 0.29) is 10.8 Å². The van der Waals surface area contributed by atoms with E-state index in [9.17, 15) is 13.0 Å². The van der Waals surface area contributed by atoms with E-state index in [1.165, 1.54) is 6.07 Å². The minimum Gasteiger partial charge on any atom is -0.328 e. The van der Waals surface area contributed by atoms with Crippen molar-refractivity contribution in [2.45, 2.75) is 31.6 Å². The number of hydrogen-bond donors (Lipinski definition) is 0. The number of benzene rings is 1. The molecule has 2 aromatic rings. The minimum absolute atomic E-state index is 0.00436. The summed E-state index contributed by atoms with van der Waals surface area (Å²) in [6.45, 7) is 2.39. The van der Waals surface area contributed by atoms with E-state index in [1.807, 2.05) is 6.92 Å². The lowest BCUT2D eigenvalue weighted by molar-refractivity contribution is 0.587. The van der Waals surface area contributed by atoms with Crippen LogP contribution in [0.25, 0.3) is 11.0 Å². The van der Waals surface area contributed by atoms with Crippen molar-refractivity contribution in [1.29, 1.82) is 0 Å². The fraction of sp³-hybridized carbons (Fsp3) is 0.500. The quantitative estimate of drug-likeness (QED) is 0.760. The molecule has 2 unspecified atom stereocenters. The average molecular weight is 335 g/mol. The molecule has 1 aromatic heterocycles. The number of rotatable bonds is 6. The first-order valence-corrected chi connectivity index (χ1v) is 8.82. The van der Waals surface area contributed by atoms with Crippen LogP contribution in [0.3, 0.4) is 0 Å². The second-order valence-corrected chi connectivity index (χ2v) is 7.15. The molecule has 0 fully saturated rings. The summed E-state index contributed by atoms with van der Waals surface area (Å²) in [5.41, 5.74) is 0.573. The Labute approximate surface area is 129 Å². The lowest BCUT2D eigenvalue weighted by Gasteiger charge is -2.12. The number of aryl methyl sites for hydroxylation is 2. The SMILES string of the molecule is CC(CCn1c(CCCl)nc2c(F)cc(F)cc21)S(C)=O. The van der Waals surface area contributed by atoms with Crippen LogP contribution < -0.4 is 0 Å². The van der Waals surface area contributed by atoms with Crippen LogP contribution in [-0.2, 0) is 23.8 Å². The normalized spacial score (nSPS) is 14.5. The minimum atomic E-state index is -0.933.